The smallest absolute Gasteiger partial charge is 0.404 e. The Morgan fingerprint density at radius 2 is 1.96 bits per heavy atom. The lowest BCUT2D eigenvalue weighted by Gasteiger charge is -2.26. The molecule has 0 radical (unpaired) electrons. The number of anilines is 1. The van der Waals surface area contributed by atoms with Crippen LogP contribution in [0.3, 0.4) is 0 Å². The molecule has 1 aromatic heterocycles. The van der Waals surface area contributed by atoms with Crippen molar-refractivity contribution >= 4 is 34.9 Å². The average Bonchev–Trinajstić information content (AvgIpc) is 3.08. The van der Waals surface area contributed by atoms with Crippen molar-refractivity contribution in [1.82, 2.24) is 4.98 Å². The number of nitrogens with zero attached hydrogens (tertiary/aromatic N) is 1. The van der Waals surface area contributed by atoms with Crippen LogP contribution in [-0.2, 0) is 4.74 Å². The second-order valence-electron chi connectivity index (χ2n) is 7.40. The number of nitrogens with two attached hydrogens (primary N) is 2. The predicted molar refractivity (Wildman–Crippen MR) is 111 cm³/mol. The number of primary amides is 1. The molecular formula is C20H25N3O2S2. The van der Waals surface area contributed by atoms with Gasteiger partial charge in [-0.25, -0.2) is 9.78 Å². The quantitative estimate of drug-likeness (QED) is 0.673. The Bertz CT molecular complexity index is 811. The second kappa shape index (κ2) is 8.10. The molecule has 1 aromatic carbocycles. The molecule has 2 aromatic rings. The lowest BCUT2D eigenvalue weighted by Crippen LogP contribution is -2.26. The summed E-state index contributed by atoms with van der Waals surface area (Å²) in [4.78, 5) is 18.1. The number of nitrogen functional groups attached to an aromatic ring is 1. The molecule has 27 heavy (non-hydrogen) atoms. The van der Waals surface area contributed by atoms with Gasteiger partial charge in [0.2, 0.25) is 0 Å². The Balaban J connectivity index is 1.47. The van der Waals surface area contributed by atoms with Crippen LogP contribution in [0.5, 0.6) is 0 Å². The lowest BCUT2D eigenvalue weighted by molar-refractivity contribution is 0.0787. The van der Waals surface area contributed by atoms with E-state index in [1.54, 1.807) is 11.3 Å². The molecule has 0 aliphatic heterocycles. The number of hydrogen-bond acceptors (Lipinski definition) is 6. The van der Waals surface area contributed by atoms with Crippen LogP contribution in [0.4, 0.5) is 10.5 Å². The Labute approximate surface area is 167 Å². The highest BCUT2D eigenvalue weighted by molar-refractivity contribution is 8.00. The minimum atomic E-state index is -0.671. The molecule has 2 fully saturated rings. The summed E-state index contributed by atoms with van der Waals surface area (Å²) in [5.74, 6) is 0.438. The van der Waals surface area contributed by atoms with Crippen LogP contribution in [0, 0.1) is 0 Å². The first-order valence-electron chi connectivity index (χ1n) is 9.57. The lowest BCUT2D eigenvalue weighted by atomic mass is 9.88. The standard InChI is InChI=1S/C20H25N3O2S2/c21-13-6-9-16(17(10-13)26-15-2-1-3-15)18-11-23-19(27-18)12-4-7-14(8-5-12)25-20(22)24/h6,9-12,14-15H,1-5,7-8,21H2,(H2,22,24). The largest absolute Gasteiger partial charge is 0.446 e. The molecule has 0 spiro atoms. The van der Waals surface area contributed by atoms with Crippen LogP contribution in [0.15, 0.2) is 29.3 Å². The summed E-state index contributed by atoms with van der Waals surface area (Å²) < 4.78 is 5.14. The van der Waals surface area contributed by atoms with Crippen LogP contribution in [0.2, 0.25) is 0 Å². The third-order valence-electron chi connectivity index (χ3n) is 5.45. The maximum Gasteiger partial charge on any atom is 0.404 e. The van der Waals surface area contributed by atoms with Gasteiger partial charge in [-0.05, 0) is 50.7 Å². The van der Waals surface area contributed by atoms with Gasteiger partial charge in [-0.1, -0.05) is 12.5 Å². The van der Waals surface area contributed by atoms with E-state index in [0.29, 0.717) is 5.92 Å². The maximum atomic E-state index is 10.9. The summed E-state index contributed by atoms with van der Waals surface area (Å²) in [5.41, 5.74) is 13.2. The van der Waals surface area contributed by atoms with E-state index in [1.165, 1.54) is 39.6 Å². The van der Waals surface area contributed by atoms with E-state index in [9.17, 15) is 4.79 Å². The van der Waals surface area contributed by atoms with Crippen molar-refractivity contribution < 1.29 is 9.53 Å². The molecule has 1 heterocycles. The number of carbonyl (C=O) groups is 1. The zero-order chi connectivity index (χ0) is 18.8. The summed E-state index contributed by atoms with van der Waals surface area (Å²) >= 11 is 3.74. The summed E-state index contributed by atoms with van der Waals surface area (Å²) in [5, 5.41) is 1.90. The average molecular weight is 404 g/mol. The van der Waals surface area contributed by atoms with Crippen molar-refractivity contribution in [2.75, 3.05) is 5.73 Å². The fraction of sp³-hybridized carbons (Fsp3) is 0.500. The number of hydrogen-bond donors (Lipinski definition) is 2. The molecule has 144 valence electrons. The van der Waals surface area contributed by atoms with Crippen molar-refractivity contribution in [3.05, 3.63) is 29.4 Å². The normalized spacial score (nSPS) is 23.0. The highest BCUT2D eigenvalue weighted by atomic mass is 32.2. The van der Waals surface area contributed by atoms with Gasteiger partial charge in [0.1, 0.15) is 6.10 Å². The molecular weight excluding hydrogens is 378 g/mol. The molecule has 5 nitrogen and oxygen atoms in total. The van der Waals surface area contributed by atoms with E-state index in [1.807, 2.05) is 24.0 Å². The summed E-state index contributed by atoms with van der Waals surface area (Å²) in [6.07, 6.45) is 8.89. The number of thioether (sulfide) groups is 1. The van der Waals surface area contributed by atoms with E-state index in [-0.39, 0.29) is 6.10 Å². The van der Waals surface area contributed by atoms with Crippen LogP contribution in [-0.4, -0.2) is 22.4 Å². The van der Waals surface area contributed by atoms with Crippen molar-refractivity contribution in [2.45, 2.75) is 67.1 Å². The molecule has 0 bridgehead atoms. The van der Waals surface area contributed by atoms with Gasteiger partial charge in [0, 0.05) is 33.5 Å². The fourth-order valence-corrected chi connectivity index (χ4v) is 6.33. The number of rotatable bonds is 5. The Morgan fingerprint density at radius 1 is 1.19 bits per heavy atom. The van der Waals surface area contributed by atoms with E-state index >= 15 is 0 Å². The summed E-state index contributed by atoms with van der Waals surface area (Å²) in [7, 11) is 0. The molecule has 7 heteroatoms. The molecule has 1 amide bonds. The second-order valence-corrected chi connectivity index (χ2v) is 9.80. The molecule has 4 N–H and O–H groups in total. The molecule has 0 unspecified atom stereocenters. The molecule has 2 aliphatic carbocycles. The van der Waals surface area contributed by atoms with Crippen LogP contribution < -0.4 is 11.5 Å². The van der Waals surface area contributed by atoms with Gasteiger partial charge in [0.05, 0.1) is 9.88 Å². The van der Waals surface area contributed by atoms with Gasteiger partial charge in [0.15, 0.2) is 0 Å². The minimum absolute atomic E-state index is 0.0410. The number of thiazole rings is 1. The monoisotopic (exact) mass is 403 g/mol. The minimum Gasteiger partial charge on any atom is -0.446 e. The van der Waals surface area contributed by atoms with Crippen LogP contribution >= 0.6 is 23.1 Å². The zero-order valence-electron chi connectivity index (χ0n) is 15.2. The van der Waals surface area contributed by atoms with Crippen LogP contribution in [0.25, 0.3) is 10.4 Å². The molecule has 4 rings (SSSR count). The third kappa shape index (κ3) is 4.41. The topological polar surface area (TPSA) is 91.2 Å². The Hall–Kier alpha value is -1.73. The number of ether oxygens (including phenoxy) is 1. The van der Waals surface area contributed by atoms with E-state index in [4.69, 9.17) is 21.2 Å². The van der Waals surface area contributed by atoms with Crippen molar-refractivity contribution in [3.63, 3.8) is 0 Å². The molecule has 0 saturated heterocycles. The van der Waals surface area contributed by atoms with Crippen molar-refractivity contribution in [1.29, 1.82) is 0 Å². The number of benzene rings is 1. The summed E-state index contributed by atoms with van der Waals surface area (Å²) in [6, 6.07) is 6.21. The van der Waals surface area contributed by atoms with Gasteiger partial charge in [-0.15, -0.1) is 23.1 Å². The van der Waals surface area contributed by atoms with Gasteiger partial charge in [-0.3, -0.25) is 0 Å². The fourth-order valence-electron chi connectivity index (χ4n) is 3.70. The highest BCUT2D eigenvalue weighted by Gasteiger charge is 2.27. The SMILES string of the molecule is NC(=O)OC1CCC(c2ncc(-c3ccc(N)cc3SC3CCC3)s2)CC1. The third-order valence-corrected chi connectivity index (χ3v) is 8.04. The van der Waals surface area contributed by atoms with Gasteiger partial charge >= 0.3 is 6.09 Å². The Morgan fingerprint density at radius 3 is 2.63 bits per heavy atom. The first-order valence-corrected chi connectivity index (χ1v) is 11.3. The summed E-state index contributed by atoms with van der Waals surface area (Å²) in [6.45, 7) is 0. The number of aromatic nitrogens is 1. The first-order chi connectivity index (χ1) is 13.1. The van der Waals surface area contributed by atoms with Gasteiger partial charge < -0.3 is 16.2 Å². The molecule has 2 saturated carbocycles. The van der Waals surface area contributed by atoms with Crippen LogP contribution in [0.1, 0.15) is 55.9 Å². The zero-order valence-corrected chi connectivity index (χ0v) is 16.9. The predicted octanol–water partition coefficient (Wildman–Crippen LogP) is 5.16. The van der Waals surface area contributed by atoms with E-state index < -0.39 is 6.09 Å². The van der Waals surface area contributed by atoms with Crippen molar-refractivity contribution in [2.24, 2.45) is 5.73 Å². The maximum absolute atomic E-state index is 10.9. The van der Waals surface area contributed by atoms with Gasteiger partial charge in [-0.2, -0.15) is 0 Å². The Kier molecular flexibility index (Phi) is 5.59. The number of carbonyl (C=O) groups excluding carboxylic acids is 1. The first kappa shape index (κ1) is 18.6. The molecule has 0 atom stereocenters. The molecule has 2 aliphatic rings. The van der Waals surface area contributed by atoms with Gasteiger partial charge in [0.25, 0.3) is 0 Å². The highest BCUT2D eigenvalue weighted by Crippen LogP contribution is 2.44. The number of amides is 1. The van der Waals surface area contributed by atoms with E-state index in [0.717, 1.165) is 36.6 Å². The van der Waals surface area contributed by atoms with Crippen molar-refractivity contribution in [3.8, 4) is 10.4 Å². The van der Waals surface area contributed by atoms with E-state index in [2.05, 4.69) is 12.1 Å².